The van der Waals surface area contributed by atoms with Crippen LogP contribution in [0.25, 0.3) is 0 Å². The number of hydrogen-bond acceptors (Lipinski definition) is 4. The molecule has 0 unspecified atom stereocenters. The van der Waals surface area contributed by atoms with Crippen LogP contribution in [0.5, 0.6) is 0 Å². The lowest BCUT2D eigenvalue weighted by Gasteiger charge is -2.36. The van der Waals surface area contributed by atoms with E-state index >= 15 is 0 Å². The summed E-state index contributed by atoms with van der Waals surface area (Å²) in [7, 11) is 0. The van der Waals surface area contributed by atoms with Gasteiger partial charge in [0, 0.05) is 50.0 Å². The van der Waals surface area contributed by atoms with Crippen molar-refractivity contribution in [3.63, 3.8) is 0 Å². The molecule has 0 atom stereocenters. The van der Waals surface area contributed by atoms with E-state index in [4.69, 9.17) is 11.6 Å². The number of halogens is 4. The molecule has 156 valence electrons. The van der Waals surface area contributed by atoms with Gasteiger partial charge in [0.25, 0.3) is 0 Å². The van der Waals surface area contributed by atoms with Crippen molar-refractivity contribution < 1.29 is 4.79 Å². The average molecular weight is 460 g/mol. The topological polar surface area (TPSA) is 47.6 Å². The summed E-state index contributed by atoms with van der Waals surface area (Å²) < 4.78 is 0. The van der Waals surface area contributed by atoms with Gasteiger partial charge in [-0.3, -0.25) is 9.69 Å². The van der Waals surface area contributed by atoms with Crippen molar-refractivity contribution in [2.45, 2.75) is 12.8 Å². The van der Waals surface area contributed by atoms with Crippen LogP contribution >= 0.6 is 48.8 Å². The third-order valence-corrected chi connectivity index (χ3v) is 4.95. The molecule has 1 aliphatic carbocycles. The van der Waals surface area contributed by atoms with Crippen molar-refractivity contribution in [3.05, 3.63) is 29.3 Å². The minimum absolute atomic E-state index is 0. The molecule has 1 aromatic carbocycles. The number of nitrogens with one attached hydrogen (secondary N) is 2. The van der Waals surface area contributed by atoms with Crippen molar-refractivity contribution >= 4 is 60.4 Å². The lowest BCUT2D eigenvalue weighted by Crippen LogP contribution is -2.49. The van der Waals surface area contributed by atoms with Crippen molar-refractivity contribution in [1.82, 2.24) is 15.5 Å². The summed E-state index contributed by atoms with van der Waals surface area (Å²) in [6, 6.07) is 8.03. The second kappa shape index (κ2) is 13.7. The van der Waals surface area contributed by atoms with Gasteiger partial charge in [0.1, 0.15) is 0 Å². The molecule has 2 N–H and O–H groups in total. The number of anilines is 1. The Bertz CT molecular complexity index is 552. The van der Waals surface area contributed by atoms with Crippen LogP contribution in [0, 0.1) is 5.92 Å². The highest BCUT2D eigenvalue weighted by Crippen LogP contribution is 2.27. The molecule has 9 heteroatoms. The van der Waals surface area contributed by atoms with Crippen molar-refractivity contribution in [1.29, 1.82) is 0 Å². The fourth-order valence-electron chi connectivity index (χ4n) is 3.03. The van der Waals surface area contributed by atoms with E-state index < -0.39 is 0 Å². The molecule has 1 amide bonds. The molecule has 1 saturated heterocycles. The first-order valence-electron chi connectivity index (χ1n) is 8.91. The number of benzene rings is 1. The predicted molar refractivity (Wildman–Crippen MR) is 120 cm³/mol. The van der Waals surface area contributed by atoms with Gasteiger partial charge in [-0.15, -0.1) is 37.2 Å². The first kappa shape index (κ1) is 26.6. The Labute approximate surface area is 185 Å². The minimum Gasteiger partial charge on any atom is -0.369 e. The van der Waals surface area contributed by atoms with Crippen LogP contribution in [-0.4, -0.2) is 63.2 Å². The zero-order valence-corrected chi connectivity index (χ0v) is 18.6. The lowest BCUT2D eigenvalue weighted by atomic mass is 10.2. The molecule has 2 aliphatic rings. The van der Waals surface area contributed by atoms with Gasteiger partial charge in [0.15, 0.2) is 0 Å². The van der Waals surface area contributed by atoms with E-state index in [0.717, 1.165) is 56.8 Å². The molecule has 0 bridgehead atoms. The van der Waals surface area contributed by atoms with E-state index in [0.29, 0.717) is 6.54 Å². The van der Waals surface area contributed by atoms with E-state index in [-0.39, 0.29) is 43.1 Å². The Balaban J connectivity index is 0.00000225. The largest absolute Gasteiger partial charge is 0.369 e. The predicted octanol–water partition coefficient (Wildman–Crippen LogP) is 2.84. The number of carbonyl (C=O) groups excluding carboxylic acids is 1. The average Bonchev–Trinajstić information content (AvgIpc) is 3.40. The van der Waals surface area contributed by atoms with Crippen LogP contribution in [0.1, 0.15) is 12.8 Å². The Hall–Kier alpha value is -0.430. The number of hydrogen-bond donors (Lipinski definition) is 2. The van der Waals surface area contributed by atoms with E-state index in [1.165, 1.54) is 18.5 Å². The smallest absolute Gasteiger partial charge is 0.234 e. The summed E-state index contributed by atoms with van der Waals surface area (Å²) in [5.41, 5.74) is 1.19. The summed E-state index contributed by atoms with van der Waals surface area (Å²) in [6.45, 7) is 7.09. The monoisotopic (exact) mass is 458 g/mol. The Morgan fingerprint density at radius 1 is 1.11 bits per heavy atom. The Morgan fingerprint density at radius 2 is 1.81 bits per heavy atom. The highest BCUT2D eigenvalue weighted by molar-refractivity contribution is 6.30. The third kappa shape index (κ3) is 9.55. The van der Waals surface area contributed by atoms with Gasteiger partial charge in [0.2, 0.25) is 5.91 Å². The van der Waals surface area contributed by atoms with E-state index in [9.17, 15) is 4.79 Å². The molecule has 1 heterocycles. The van der Waals surface area contributed by atoms with E-state index in [1.54, 1.807) is 0 Å². The second-order valence-corrected chi connectivity index (χ2v) is 7.17. The van der Waals surface area contributed by atoms with Gasteiger partial charge in [-0.1, -0.05) is 17.7 Å². The van der Waals surface area contributed by atoms with Crippen LogP contribution in [0.3, 0.4) is 0 Å². The molecule has 1 aromatic rings. The van der Waals surface area contributed by atoms with E-state index in [1.807, 2.05) is 18.2 Å². The highest BCUT2D eigenvalue weighted by Gasteiger charge is 2.20. The first-order chi connectivity index (χ1) is 11.7. The van der Waals surface area contributed by atoms with Crippen LogP contribution < -0.4 is 15.5 Å². The molecular formula is C18H30Cl4N4O. The maximum atomic E-state index is 11.7. The molecule has 1 aliphatic heterocycles. The van der Waals surface area contributed by atoms with Gasteiger partial charge >= 0.3 is 0 Å². The van der Waals surface area contributed by atoms with Crippen LogP contribution in [0.2, 0.25) is 5.02 Å². The molecular weight excluding hydrogens is 430 g/mol. The maximum absolute atomic E-state index is 11.7. The second-order valence-electron chi connectivity index (χ2n) is 6.73. The van der Waals surface area contributed by atoms with Crippen molar-refractivity contribution in [2.24, 2.45) is 5.92 Å². The number of rotatable bonds is 8. The molecule has 27 heavy (non-hydrogen) atoms. The summed E-state index contributed by atoms with van der Waals surface area (Å²) in [6.07, 6.45) is 2.63. The summed E-state index contributed by atoms with van der Waals surface area (Å²) in [4.78, 5) is 16.5. The van der Waals surface area contributed by atoms with Crippen LogP contribution in [0.15, 0.2) is 24.3 Å². The molecule has 0 spiro atoms. The fraction of sp³-hybridized carbons (Fsp3) is 0.611. The zero-order valence-electron chi connectivity index (χ0n) is 15.4. The van der Waals surface area contributed by atoms with Gasteiger partial charge in [0.05, 0.1) is 6.54 Å². The number of amides is 1. The van der Waals surface area contributed by atoms with Gasteiger partial charge < -0.3 is 15.5 Å². The molecule has 0 radical (unpaired) electrons. The number of piperazine rings is 1. The SMILES string of the molecule is Cl.Cl.Cl.O=C(CNCC1CC1)NCCN1CCN(c2cccc(Cl)c2)CC1. The molecule has 1 saturated carbocycles. The quantitative estimate of drug-likeness (QED) is 0.627. The van der Waals surface area contributed by atoms with Gasteiger partial charge in [-0.05, 0) is 43.5 Å². The fourth-order valence-corrected chi connectivity index (χ4v) is 3.21. The Kier molecular flexibility index (Phi) is 13.5. The van der Waals surface area contributed by atoms with E-state index in [2.05, 4.69) is 26.5 Å². The van der Waals surface area contributed by atoms with Gasteiger partial charge in [-0.25, -0.2) is 0 Å². The number of carbonyl (C=O) groups is 1. The summed E-state index contributed by atoms with van der Waals surface area (Å²) >= 11 is 6.07. The zero-order chi connectivity index (χ0) is 16.8. The van der Waals surface area contributed by atoms with Crippen LogP contribution in [0.4, 0.5) is 5.69 Å². The molecule has 5 nitrogen and oxygen atoms in total. The van der Waals surface area contributed by atoms with Crippen molar-refractivity contribution in [2.75, 3.05) is 57.3 Å². The highest BCUT2D eigenvalue weighted by atomic mass is 35.5. The normalized spacial score (nSPS) is 16.6. The lowest BCUT2D eigenvalue weighted by molar-refractivity contribution is -0.120. The Morgan fingerprint density at radius 3 is 2.44 bits per heavy atom. The third-order valence-electron chi connectivity index (χ3n) is 4.71. The first-order valence-corrected chi connectivity index (χ1v) is 9.29. The van der Waals surface area contributed by atoms with Crippen molar-refractivity contribution in [3.8, 4) is 0 Å². The summed E-state index contributed by atoms with van der Waals surface area (Å²) in [5.74, 6) is 0.918. The summed E-state index contributed by atoms with van der Waals surface area (Å²) in [5, 5.41) is 7.01. The number of nitrogens with zero attached hydrogens (tertiary/aromatic N) is 2. The molecule has 2 fully saturated rings. The molecule has 3 rings (SSSR count). The van der Waals surface area contributed by atoms with Crippen LogP contribution in [-0.2, 0) is 4.79 Å². The standard InChI is InChI=1S/C18H27ClN4O.3ClH/c19-16-2-1-3-17(12-16)23-10-8-22(9-11-23)7-6-21-18(24)14-20-13-15-4-5-15;;;/h1-3,12,15,20H,4-11,13-14H2,(H,21,24);3*1H. The maximum Gasteiger partial charge on any atom is 0.234 e. The minimum atomic E-state index is 0. The van der Waals surface area contributed by atoms with Gasteiger partial charge in [-0.2, -0.15) is 0 Å². The molecule has 0 aromatic heterocycles.